The number of benzene rings is 1. The zero-order chi connectivity index (χ0) is 15.5. The van der Waals surface area contributed by atoms with Crippen molar-refractivity contribution < 1.29 is 13.2 Å². The molecule has 0 fully saturated rings. The fourth-order valence-corrected chi connectivity index (χ4v) is 1.99. The number of nitrogens with zero attached hydrogens (tertiary/aromatic N) is 3. The van der Waals surface area contributed by atoms with E-state index in [1.807, 2.05) is 13.0 Å². The van der Waals surface area contributed by atoms with Crippen LogP contribution in [0.15, 0.2) is 30.6 Å². The molecule has 0 aliphatic heterocycles. The molecule has 0 unspecified atom stereocenters. The lowest BCUT2D eigenvalue weighted by molar-refractivity contribution is -0.138. The Kier molecular flexibility index (Phi) is 4.29. The van der Waals surface area contributed by atoms with Crippen LogP contribution in [-0.4, -0.2) is 16.1 Å². The Hall–Kier alpha value is -2.33. The van der Waals surface area contributed by atoms with Gasteiger partial charge in [0.15, 0.2) is 0 Å². The standard InChI is InChI=1S/C14H13F3N4/c1-2-19-9-10-3-4-11(7-12(10)14(15,16)17)21-6-5-20-13(21)8-18/h3-7,19H,2,9H2,1H3. The summed E-state index contributed by atoms with van der Waals surface area (Å²) < 4.78 is 40.8. The molecule has 0 atom stereocenters. The van der Waals surface area contributed by atoms with E-state index in [1.165, 1.54) is 23.0 Å². The molecule has 0 saturated carbocycles. The van der Waals surface area contributed by atoms with E-state index in [9.17, 15) is 13.2 Å². The lowest BCUT2D eigenvalue weighted by Gasteiger charge is -2.15. The van der Waals surface area contributed by atoms with Crippen molar-refractivity contribution in [1.82, 2.24) is 14.9 Å². The Labute approximate surface area is 119 Å². The molecular weight excluding hydrogens is 281 g/mol. The molecule has 110 valence electrons. The molecule has 4 nitrogen and oxygen atoms in total. The number of hydrogen-bond acceptors (Lipinski definition) is 3. The largest absolute Gasteiger partial charge is 0.416 e. The maximum absolute atomic E-state index is 13.2. The molecule has 21 heavy (non-hydrogen) atoms. The van der Waals surface area contributed by atoms with Gasteiger partial charge in [0.05, 0.1) is 5.56 Å². The van der Waals surface area contributed by atoms with Crippen molar-refractivity contribution in [1.29, 1.82) is 5.26 Å². The topological polar surface area (TPSA) is 53.6 Å². The Bertz CT molecular complexity index is 668. The summed E-state index contributed by atoms with van der Waals surface area (Å²) in [7, 11) is 0. The first kappa shape index (κ1) is 15.1. The molecule has 7 heteroatoms. The van der Waals surface area contributed by atoms with E-state index in [0.717, 1.165) is 6.07 Å². The summed E-state index contributed by atoms with van der Waals surface area (Å²) in [5.41, 5.74) is -0.276. The van der Waals surface area contributed by atoms with Gasteiger partial charge in [0.25, 0.3) is 0 Å². The van der Waals surface area contributed by atoms with Gasteiger partial charge in [0.2, 0.25) is 5.82 Å². The van der Waals surface area contributed by atoms with E-state index >= 15 is 0 Å². The molecule has 1 heterocycles. The molecule has 0 aliphatic carbocycles. The Morgan fingerprint density at radius 1 is 1.38 bits per heavy atom. The van der Waals surface area contributed by atoms with Crippen molar-refractivity contribution in [3.63, 3.8) is 0 Å². The first-order valence-corrected chi connectivity index (χ1v) is 6.32. The SMILES string of the molecule is CCNCc1ccc(-n2ccnc2C#N)cc1C(F)(F)F. The van der Waals surface area contributed by atoms with Gasteiger partial charge >= 0.3 is 6.18 Å². The number of hydrogen-bond donors (Lipinski definition) is 1. The molecule has 1 aromatic carbocycles. The van der Waals surface area contributed by atoms with Gasteiger partial charge in [0, 0.05) is 24.6 Å². The first-order chi connectivity index (χ1) is 9.97. The second-order valence-electron chi connectivity index (χ2n) is 4.35. The number of imidazole rings is 1. The number of aromatic nitrogens is 2. The van der Waals surface area contributed by atoms with Gasteiger partial charge in [-0.2, -0.15) is 18.4 Å². The Balaban J connectivity index is 2.50. The highest BCUT2D eigenvalue weighted by Crippen LogP contribution is 2.33. The molecule has 2 aromatic rings. The Morgan fingerprint density at radius 2 is 2.14 bits per heavy atom. The molecule has 2 rings (SSSR count). The van der Waals surface area contributed by atoms with Gasteiger partial charge in [-0.3, -0.25) is 4.57 Å². The highest BCUT2D eigenvalue weighted by molar-refractivity contribution is 5.44. The minimum atomic E-state index is -4.45. The van der Waals surface area contributed by atoms with Gasteiger partial charge in [-0.15, -0.1) is 0 Å². The highest BCUT2D eigenvalue weighted by Gasteiger charge is 2.33. The van der Waals surface area contributed by atoms with E-state index < -0.39 is 11.7 Å². The van der Waals surface area contributed by atoms with Gasteiger partial charge < -0.3 is 5.32 Å². The highest BCUT2D eigenvalue weighted by atomic mass is 19.4. The van der Waals surface area contributed by atoms with Crippen molar-refractivity contribution in [3.8, 4) is 11.8 Å². The van der Waals surface area contributed by atoms with Crippen molar-refractivity contribution in [3.05, 3.63) is 47.5 Å². The zero-order valence-electron chi connectivity index (χ0n) is 11.3. The van der Waals surface area contributed by atoms with Gasteiger partial charge in [-0.1, -0.05) is 13.0 Å². The molecule has 0 radical (unpaired) electrons. The minimum Gasteiger partial charge on any atom is -0.313 e. The molecular formula is C14H13F3N4. The molecule has 0 spiro atoms. The number of rotatable bonds is 4. The van der Waals surface area contributed by atoms with E-state index in [2.05, 4.69) is 10.3 Å². The van der Waals surface area contributed by atoms with E-state index in [1.54, 1.807) is 6.07 Å². The van der Waals surface area contributed by atoms with Crippen LogP contribution in [0.5, 0.6) is 0 Å². The van der Waals surface area contributed by atoms with Crippen molar-refractivity contribution in [2.75, 3.05) is 6.54 Å². The summed E-state index contributed by atoms with van der Waals surface area (Å²) in [4.78, 5) is 3.78. The summed E-state index contributed by atoms with van der Waals surface area (Å²) in [5.74, 6) is 0.0440. The maximum atomic E-state index is 13.2. The molecule has 0 bridgehead atoms. The second-order valence-corrected chi connectivity index (χ2v) is 4.35. The van der Waals surface area contributed by atoms with Gasteiger partial charge in [-0.05, 0) is 24.2 Å². The number of halogens is 3. The summed E-state index contributed by atoms with van der Waals surface area (Å²) in [6.07, 6.45) is -1.62. The summed E-state index contributed by atoms with van der Waals surface area (Å²) in [6, 6.07) is 5.84. The van der Waals surface area contributed by atoms with Crippen LogP contribution < -0.4 is 5.32 Å². The maximum Gasteiger partial charge on any atom is 0.416 e. The van der Waals surface area contributed by atoms with E-state index in [4.69, 9.17) is 5.26 Å². The number of nitrogens with one attached hydrogen (secondary N) is 1. The van der Waals surface area contributed by atoms with Crippen LogP contribution in [0, 0.1) is 11.3 Å². The summed E-state index contributed by atoms with van der Waals surface area (Å²) >= 11 is 0. The Morgan fingerprint density at radius 3 is 2.76 bits per heavy atom. The predicted octanol–water partition coefficient (Wildman–Crippen LogP) is 2.87. The van der Waals surface area contributed by atoms with Gasteiger partial charge in [-0.25, -0.2) is 4.98 Å². The average Bonchev–Trinajstić information content (AvgIpc) is 2.92. The third-order valence-corrected chi connectivity index (χ3v) is 2.98. The molecule has 0 amide bonds. The van der Waals surface area contributed by atoms with Gasteiger partial charge in [0.1, 0.15) is 6.07 Å². The predicted molar refractivity (Wildman–Crippen MR) is 70.7 cm³/mol. The van der Waals surface area contributed by atoms with Crippen LogP contribution in [0.2, 0.25) is 0 Å². The molecule has 0 aliphatic rings. The van der Waals surface area contributed by atoms with Crippen LogP contribution in [0.3, 0.4) is 0 Å². The van der Waals surface area contributed by atoms with E-state index in [0.29, 0.717) is 6.54 Å². The normalized spacial score (nSPS) is 11.4. The lowest BCUT2D eigenvalue weighted by atomic mass is 10.1. The monoisotopic (exact) mass is 294 g/mol. The molecule has 0 saturated heterocycles. The second kappa shape index (κ2) is 5.97. The van der Waals surface area contributed by atoms with Crippen LogP contribution in [0.4, 0.5) is 13.2 Å². The molecule has 1 aromatic heterocycles. The smallest absolute Gasteiger partial charge is 0.313 e. The zero-order valence-corrected chi connectivity index (χ0v) is 11.3. The third-order valence-electron chi connectivity index (χ3n) is 2.98. The van der Waals surface area contributed by atoms with Crippen LogP contribution in [-0.2, 0) is 12.7 Å². The van der Waals surface area contributed by atoms with Crippen LogP contribution >= 0.6 is 0 Å². The van der Waals surface area contributed by atoms with Crippen molar-refractivity contribution >= 4 is 0 Å². The quantitative estimate of drug-likeness (QED) is 0.943. The number of alkyl halides is 3. The fraction of sp³-hybridized carbons (Fsp3) is 0.286. The van der Waals surface area contributed by atoms with E-state index in [-0.39, 0.29) is 23.6 Å². The summed E-state index contributed by atoms with van der Waals surface area (Å²) in [6.45, 7) is 2.55. The van der Waals surface area contributed by atoms with Crippen molar-refractivity contribution in [2.45, 2.75) is 19.6 Å². The lowest BCUT2D eigenvalue weighted by Crippen LogP contribution is -2.17. The van der Waals surface area contributed by atoms with Crippen LogP contribution in [0.1, 0.15) is 23.9 Å². The molecule has 1 N–H and O–H groups in total. The first-order valence-electron chi connectivity index (χ1n) is 6.32. The number of nitriles is 1. The third kappa shape index (κ3) is 3.23. The summed E-state index contributed by atoms with van der Waals surface area (Å²) in [5, 5.41) is 11.8. The van der Waals surface area contributed by atoms with Crippen molar-refractivity contribution in [2.24, 2.45) is 0 Å². The fourth-order valence-electron chi connectivity index (χ4n) is 1.99. The minimum absolute atomic E-state index is 0.0440. The average molecular weight is 294 g/mol. The van der Waals surface area contributed by atoms with Crippen LogP contribution in [0.25, 0.3) is 5.69 Å².